The van der Waals surface area contributed by atoms with Crippen LogP contribution in [0.3, 0.4) is 0 Å². The van der Waals surface area contributed by atoms with Gasteiger partial charge in [0.15, 0.2) is 0 Å². The number of carbonyl (C=O) groups is 1. The minimum atomic E-state index is 0.315. The number of rotatable bonds is 2. The molecule has 69 valence electrons. The van der Waals surface area contributed by atoms with E-state index in [2.05, 4.69) is 0 Å². The Bertz CT molecular complexity index is 148. The molecule has 0 bridgehead atoms. The molecule has 1 aliphatic rings. The van der Waals surface area contributed by atoms with E-state index in [9.17, 15) is 4.79 Å². The van der Waals surface area contributed by atoms with E-state index in [4.69, 9.17) is 0 Å². The SMILES string of the molecule is C[C](C)CC(=O)N1CCCCC1. The van der Waals surface area contributed by atoms with Crippen LogP contribution in [0.25, 0.3) is 0 Å². The van der Waals surface area contributed by atoms with Gasteiger partial charge < -0.3 is 4.90 Å². The Morgan fingerprint density at radius 3 is 2.25 bits per heavy atom. The van der Waals surface area contributed by atoms with Crippen molar-refractivity contribution in [2.45, 2.75) is 39.5 Å². The van der Waals surface area contributed by atoms with Crippen molar-refractivity contribution in [3.63, 3.8) is 0 Å². The molecule has 1 heterocycles. The molecule has 0 aromatic heterocycles. The summed E-state index contributed by atoms with van der Waals surface area (Å²) in [7, 11) is 0. The lowest BCUT2D eigenvalue weighted by molar-refractivity contribution is -0.131. The summed E-state index contributed by atoms with van der Waals surface area (Å²) < 4.78 is 0. The standard InChI is InChI=1S/C10H18NO/c1-9(2)8-10(12)11-6-4-3-5-7-11/h3-8H2,1-2H3. The van der Waals surface area contributed by atoms with Crippen LogP contribution in [0, 0.1) is 5.92 Å². The maximum absolute atomic E-state index is 11.5. The summed E-state index contributed by atoms with van der Waals surface area (Å²) in [5, 5.41) is 0. The van der Waals surface area contributed by atoms with Crippen LogP contribution >= 0.6 is 0 Å². The second-order valence-corrected chi connectivity index (χ2v) is 3.83. The van der Waals surface area contributed by atoms with Crippen molar-refractivity contribution >= 4 is 5.91 Å². The molecule has 1 aliphatic heterocycles. The molecule has 1 fully saturated rings. The van der Waals surface area contributed by atoms with Crippen molar-refractivity contribution in [2.24, 2.45) is 0 Å². The molecule has 1 amide bonds. The highest BCUT2D eigenvalue weighted by Crippen LogP contribution is 2.12. The first kappa shape index (κ1) is 9.56. The quantitative estimate of drug-likeness (QED) is 0.617. The van der Waals surface area contributed by atoms with Gasteiger partial charge in [0, 0.05) is 19.5 Å². The predicted molar refractivity (Wildman–Crippen MR) is 49.6 cm³/mol. The van der Waals surface area contributed by atoms with Gasteiger partial charge >= 0.3 is 0 Å². The molecule has 0 atom stereocenters. The lowest BCUT2D eigenvalue weighted by Crippen LogP contribution is -2.35. The zero-order chi connectivity index (χ0) is 8.97. The predicted octanol–water partition coefficient (Wildman–Crippen LogP) is 2.00. The molecule has 0 N–H and O–H groups in total. The van der Waals surface area contributed by atoms with Gasteiger partial charge in [0.25, 0.3) is 0 Å². The zero-order valence-electron chi connectivity index (χ0n) is 8.10. The minimum absolute atomic E-state index is 0.315. The summed E-state index contributed by atoms with van der Waals surface area (Å²) in [4.78, 5) is 13.5. The summed E-state index contributed by atoms with van der Waals surface area (Å²) in [6.07, 6.45) is 4.31. The van der Waals surface area contributed by atoms with Crippen molar-refractivity contribution < 1.29 is 4.79 Å². The fraction of sp³-hybridized carbons (Fsp3) is 0.800. The van der Waals surface area contributed by atoms with Crippen LogP contribution in [-0.2, 0) is 4.79 Å². The third-order valence-electron chi connectivity index (χ3n) is 2.21. The van der Waals surface area contributed by atoms with Crippen molar-refractivity contribution in [3.05, 3.63) is 5.92 Å². The van der Waals surface area contributed by atoms with Crippen LogP contribution in [-0.4, -0.2) is 23.9 Å². The largest absolute Gasteiger partial charge is 0.343 e. The van der Waals surface area contributed by atoms with Gasteiger partial charge in [-0.25, -0.2) is 0 Å². The molecule has 12 heavy (non-hydrogen) atoms. The van der Waals surface area contributed by atoms with Gasteiger partial charge in [0.1, 0.15) is 0 Å². The Hall–Kier alpha value is -0.530. The molecule has 2 heteroatoms. The van der Waals surface area contributed by atoms with Crippen LogP contribution in [0.1, 0.15) is 39.5 Å². The molecule has 0 aliphatic carbocycles. The maximum atomic E-state index is 11.5. The number of hydrogen-bond acceptors (Lipinski definition) is 1. The normalized spacial score (nSPS) is 18.4. The van der Waals surface area contributed by atoms with E-state index in [1.165, 1.54) is 25.2 Å². The molecule has 0 aromatic rings. The fourth-order valence-electron chi connectivity index (χ4n) is 1.56. The minimum Gasteiger partial charge on any atom is -0.343 e. The first-order valence-electron chi connectivity index (χ1n) is 4.77. The van der Waals surface area contributed by atoms with Crippen molar-refractivity contribution in [1.82, 2.24) is 4.90 Å². The number of amides is 1. The Kier molecular flexibility index (Phi) is 3.57. The Morgan fingerprint density at radius 1 is 1.17 bits per heavy atom. The molecular formula is C10H18NO. The Labute approximate surface area is 74.9 Å². The highest BCUT2D eigenvalue weighted by atomic mass is 16.2. The van der Waals surface area contributed by atoms with Gasteiger partial charge in [-0.1, -0.05) is 13.8 Å². The van der Waals surface area contributed by atoms with E-state index in [1.54, 1.807) is 0 Å². The second-order valence-electron chi connectivity index (χ2n) is 3.83. The molecule has 0 saturated carbocycles. The smallest absolute Gasteiger partial charge is 0.223 e. The third kappa shape index (κ3) is 2.84. The van der Waals surface area contributed by atoms with E-state index in [0.717, 1.165) is 13.1 Å². The van der Waals surface area contributed by atoms with Gasteiger partial charge in [-0.3, -0.25) is 4.79 Å². The van der Waals surface area contributed by atoms with Crippen LogP contribution < -0.4 is 0 Å². The molecule has 1 rings (SSSR count). The van der Waals surface area contributed by atoms with Crippen LogP contribution in [0.15, 0.2) is 0 Å². The maximum Gasteiger partial charge on any atom is 0.223 e. The van der Waals surface area contributed by atoms with Crippen molar-refractivity contribution in [3.8, 4) is 0 Å². The summed E-state index contributed by atoms with van der Waals surface area (Å²) in [6.45, 7) is 5.99. The van der Waals surface area contributed by atoms with Crippen LogP contribution in [0.2, 0.25) is 0 Å². The van der Waals surface area contributed by atoms with Crippen LogP contribution in [0.5, 0.6) is 0 Å². The first-order chi connectivity index (χ1) is 5.70. The number of piperidine rings is 1. The lowest BCUT2D eigenvalue weighted by atomic mass is 10.1. The number of nitrogens with zero attached hydrogens (tertiary/aromatic N) is 1. The van der Waals surface area contributed by atoms with Gasteiger partial charge in [-0.05, 0) is 25.2 Å². The monoisotopic (exact) mass is 168 g/mol. The number of carbonyl (C=O) groups excluding carboxylic acids is 1. The fourth-order valence-corrected chi connectivity index (χ4v) is 1.56. The molecule has 2 nitrogen and oxygen atoms in total. The van der Waals surface area contributed by atoms with Gasteiger partial charge in [-0.2, -0.15) is 0 Å². The highest BCUT2D eigenvalue weighted by Gasteiger charge is 2.16. The lowest BCUT2D eigenvalue weighted by Gasteiger charge is -2.27. The zero-order valence-corrected chi connectivity index (χ0v) is 8.10. The highest BCUT2D eigenvalue weighted by molar-refractivity contribution is 5.77. The Morgan fingerprint density at radius 2 is 1.75 bits per heavy atom. The third-order valence-corrected chi connectivity index (χ3v) is 2.21. The van der Waals surface area contributed by atoms with E-state index in [0.29, 0.717) is 12.3 Å². The Balaban J connectivity index is 2.30. The van der Waals surface area contributed by atoms with Crippen LogP contribution in [0.4, 0.5) is 0 Å². The van der Waals surface area contributed by atoms with E-state index in [1.807, 2.05) is 18.7 Å². The molecule has 0 unspecified atom stereocenters. The average Bonchev–Trinajstić information content (AvgIpc) is 2.05. The molecule has 1 saturated heterocycles. The number of likely N-dealkylation sites (tertiary alicyclic amines) is 1. The molecule has 0 aromatic carbocycles. The van der Waals surface area contributed by atoms with E-state index >= 15 is 0 Å². The summed E-state index contributed by atoms with van der Waals surface area (Å²) in [5.41, 5.74) is 0. The topological polar surface area (TPSA) is 20.3 Å². The first-order valence-corrected chi connectivity index (χ1v) is 4.77. The van der Waals surface area contributed by atoms with E-state index in [-0.39, 0.29) is 0 Å². The molecule has 0 spiro atoms. The van der Waals surface area contributed by atoms with Gasteiger partial charge in [0.2, 0.25) is 5.91 Å². The number of hydrogen-bond donors (Lipinski definition) is 0. The van der Waals surface area contributed by atoms with E-state index < -0.39 is 0 Å². The average molecular weight is 168 g/mol. The van der Waals surface area contributed by atoms with Gasteiger partial charge in [0.05, 0.1) is 0 Å². The second kappa shape index (κ2) is 4.48. The van der Waals surface area contributed by atoms with Crippen molar-refractivity contribution in [2.75, 3.05) is 13.1 Å². The molecule has 1 radical (unpaired) electrons. The van der Waals surface area contributed by atoms with Crippen molar-refractivity contribution in [1.29, 1.82) is 0 Å². The summed E-state index contributed by atoms with van der Waals surface area (Å²) in [5.74, 6) is 1.53. The van der Waals surface area contributed by atoms with Gasteiger partial charge in [-0.15, -0.1) is 0 Å². The molecular weight excluding hydrogens is 150 g/mol. The summed E-state index contributed by atoms with van der Waals surface area (Å²) >= 11 is 0. The summed E-state index contributed by atoms with van der Waals surface area (Å²) in [6, 6.07) is 0.